The van der Waals surface area contributed by atoms with Crippen LogP contribution in [-0.2, 0) is 5.41 Å². The molecule has 1 atom stereocenters. The van der Waals surface area contributed by atoms with Gasteiger partial charge in [0.15, 0.2) is 0 Å². The van der Waals surface area contributed by atoms with Crippen molar-refractivity contribution in [1.29, 1.82) is 0 Å². The van der Waals surface area contributed by atoms with Gasteiger partial charge in [0.2, 0.25) is 0 Å². The van der Waals surface area contributed by atoms with Gasteiger partial charge in [-0.2, -0.15) is 0 Å². The zero-order chi connectivity index (χ0) is 21.9. The van der Waals surface area contributed by atoms with E-state index in [1.54, 1.807) is 0 Å². The highest BCUT2D eigenvalue weighted by atomic mass is 35.5. The maximum absolute atomic E-state index is 6.90. The monoisotopic (exact) mass is 451 g/mol. The molecule has 1 nitrogen and oxygen atoms in total. The number of unbranched alkanes of at least 4 members (excludes halogenated alkanes) is 12. The largest absolute Gasteiger partial charge is 0.327 e. The summed E-state index contributed by atoms with van der Waals surface area (Å²) >= 11 is 0. The van der Waals surface area contributed by atoms with Crippen LogP contribution >= 0.6 is 12.4 Å². The van der Waals surface area contributed by atoms with Crippen LogP contribution in [0, 0.1) is 0 Å². The van der Waals surface area contributed by atoms with Gasteiger partial charge in [-0.25, -0.2) is 0 Å². The fraction of sp³-hybridized carbons (Fsp3) is 0.793. The summed E-state index contributed by atoms with van der Waals surface area (Å²) in [6, 6.07) is 11.4. The predicted octanol–water partition coefficient (Wildman–Crippen LogP) is 9.75. The minimum absolute atomic E-state index is 0. The van der Waals surface area contributed by atoms with Crippen LogP contribution in [0.25, 0.3) is 0 Å². The van der Waals surface area contributed by atoms with E-state index in [2.05, 4.69) is 51.1 Å². The van der Waals surface area contributed by atoms with Crippen LogP contribution in [0.5, 0.6) is 0 Å². The summed E-state index contributed by atoms with van der Waals surface area (Å²) < 4.78 is 0. The summed E-state index contributed by atoms with van der Waals surface area (Å²) in [6.07, 6.45) is 24.4. The SMILES string of the molecule is CCCCCCCCCCCCCCCC(N)C(CCC)(CCC)c1ccccc1.Cl. The lowest BCUT2D eigenvalue weighted by Gasteiger charge is -2.40. The van der Waals surface area contributed by atoms with Gasteiger partial charge in [0.05, 0.1) is 0 Å². The smallest absolute Gasteiger partial charge is 0.0136 e. The van der Waals surface area contributed by atoms with Gasteiger partial charge >= 0.3 is 0 Å². The topological polar surface area (TPSA) is 26.0 Å². The molecule has 0 aromatic heterocycles. The Morgan fingerprint density at radius 1 is 0.613 bits per heavy atom. The van der Waals surface area contributed by atoms with Gasteiger partial charge in [-0.3, -0.25) is 0 Å². The molecule has 2 heteroatoms. The Hall–Kier alpha value is -0.530. The van der Waals surface area contributed by atoms with Gasteiger partial charge in [-0.15, -0.1) is 12.4 Å². The van der Waals surface area contributed by atoms with Crippen LogP contribution in [-0.4, -0.2) is 6.04 Å². The van der Waals surface area contributed by atoms with Crippen molar-refractivity contribution in [3.8, 4) is 0 Å². The molecule has 0 heterocycles. The molecule has 2 N–H and O–H groups in total. The molecular formula is C29H54ClN. The third kappa shape index (κ3) is 12.3. The van der Waals surface area contributed by atoms with E-state index < -0.39 is 0 Å². The first-order valence-corrected chi connectivity index (χ1v) is 13.5. The van der Waals surface area contributed by atoms with Crippen molar-refractivity contribution in [1.82, 2.24) is 0 Å². The highest BCUT2D eigenvalue weighted by molar-refractivity contribution is 5.85. The number of hydrogen-bond donors (Lipinski definition) is 1. The number of halogens is 1. The Balaban J connectivity index is 0.00000900. The van der Waals surface area contributed by atoms with Crippen LogP contribution < -0.4 is 5.73 Å². The van der Waals surface area contributed by atoms with Crippen molar-refractivity contribution in [2.24, 2.45) is 5.73 Å². The normalized spacial score (nSPS) is 12.5. The van der Waals surface area contributed by atoms with Crippen molar-refractivity contribution in [3.63, 3.8) is 0 Å². The number of benzene rings is 1. The Morgan fingerprint density at radius 2 is 1.03 bits per heavy atom. The average molecular weight is 452 g/mol. The van der Waals surface area contributed by atoms with E-state index >= 15 is 0 Å². The molecule has 1 rings (SSSR count). The summed E-state index contributed by atoms with van der Waals surface area (Å²) in [5.74, 6) is 0. The van der Waals surface area contributed by atoms with Crippen LogP contribution in [0.15, 0.2) is 30.3 Å². The Bertz CT molecular complexity index is 481. The molecular weight excluding hydrogens is 398 g/mol. The van der Waals surface area contributed by atoms with Gasteiger partial charge in [0.25, 0.3) is 0 Å². The standard InChI is InChI=1S/C29H53N.ClH/c1-4-7-8-9-10-11-12-13-14-15-16-17-21-24-28(30)29(25-5-2,26-6-3)27-22-19-18-20-23-27;/h18-20,22-23,28H,4-17,21,24-26,30H2,1-3H3;1H. The molecule has 0 aliphatic carbocycles. The van der Waals surface area contributed by atoms with E-state index in [4.69, 9.17) is 5.73 Å². The average Bonchev–Trinajstić information content (AvgIpc) is 2.77. The van der Waals surface area contributed by atoms with Crippen molar-refractivity contribution < 1.29 is 0 Å². The minimum atomic E-state index is 0. The maximum atomic E-state index is 6.90. The first-order valence-electron chi connectivity index (χ1n) is 13.5. The van der Waals surface area contributed by atoms with Crippen molar-refractivity contribution >= 4 is 12.4 Å². The molecule has 0 bridgehead atoms. The zero-order valence-corrected chi connectivity index (χ0v) is 22.0. The molecule has 1 aromatic rings. The van der Waals surface area contributed by atoms with E-state index in [9.17, 15) is 0 Å². The predicted molar refractivity (Wildman–Crippen MR) is 143 cm³/mol. The molecule has 1 aromatic carbocycles. The fourth-order valence-corrected chi connectivity index (χ4v) is 5.32. The molecule has 0 amide bonds. The lowest BCUT2D eigenvalue weighted by atomic mass is 9.67. The zero-order valence-electron chi connectivity index (χ0n) is 21.2. The summed E-state index contributed by atoms with van der Waals surface area (Å²) in [5.41, 5.74) is 8.53. The molecule has 182 valence electrons. The molecule has 0 fully saturated rings. The molecule has 0 spiro atoms. The van der Waals surface area contributed by atoms with E-state index in [-0.39, 0.29) is 23.9 Å². The third-order valence-corrected chi connectivity index (χ3v) is 7.07. The Labute approximate surface area is 201 Å². The molecule has 1 unspecified atom stereocenters. The van der Waals surface area contributed by atoms with Gasteiger partial charge < -0.3 is 5.73 Å². The van der Waals surface area contributed by atoms with Crippen molar-refractivity contribution in [2.75, 3.05) is 0 Å². The van der Waals surface area contributed by atoms with Crippen LogP contribution in [0.4, 0.5) is 0 Å². The molecule has 0 saturated carbocycles. The van der Waals surface area contributed by atoms with Crippen molar-refractivity contribution in [2.45, 2.75) is 148 Å². The molecule has 0 saturated heterocycles. The molecule has 0 radical (unpaired) electrons. The van der Waals surface area contributed by atoms with Crippen molar-refractivity contribution in [3.05, 3.63) is 35.9 Å². The van der Waals surface area contributed by atoms with Crippen LogP contribution in [0.3, 0.4) is 0 Å². The van der Waals surface area contributed by atoms with Gasteiger partial charge in [0.1, 0.15) is 0 Å². The second-order valence-electron chi connectivity index (χ2n) is 9.66. The maximum Gasteiger partial charge on any atom is 0.0136 e. The third-order valence-electron chi connectivity index (χ3n) is 7.07. The van der Waals surface area contributed by atoms with E-state index in [0.717, 1.165) is 0 Å². The Morgan fingerprint density at radius 3 is 1.45 bits per heavy atom. The molecule has 0 aliphatic rings. The number of nitrogens with two attached hydrogens (primary N) is 1. The summed E-state index contributed by atoms with van der Waals surface area (Å²) in [5, 5.41) is 0. The van der Waals surface area contributed by atoms with E-state index in [0.29, 0.717) is 0 Å². The minimum Gasteiger partial charge on any atom is -0.327 e. The second kappa shape index (κ2) is 20.1. The van der Waals surface area contributed by atoms with E-state index in [1.807, 2.05) is 0 Å². The molecule has 31 heavy (non-hydrogen) atoms. The Kier molecular flexibility index (Phi) is 19.8. The van der Waals surface area contributed by atoms with Crippen LogP contribution in [0.2, 0.25) is 0 Å². The highest BCUT2D eigenvalue weighted by Gasteiger charge is 2.36. The summed E-state index contributed by atoms with van der Waals surface area (Å²) in [4.78, 5) is 0. The van der Waals surface area contributed by atoms with E-state index in [1.165, 1.54) is 121 Å². The van der Waals surface area contributed by atoms with Crippen LogP contribution in [0.1, 0.15) is 142 Å². The lowest BCUT2D eigenvalue weighted by Crippen LogP contribution is -2.45. The highest BCUT2D eigenvalue weighted by Crippen LogP contribution is 2.38. The van der Waals surface area contributed by atoms with Gasteiger partial charge in [0, 0.05) is 11.5 Å². The molecule has 0 aliphatic heterocycles. The first-order chi connectivity index (χ1) is 14.7. The summed E-state index contributed by atoms with van der Waals surface area (Å²) in [6.45, 7) is 6.92. The summed E-state index contributed by atoms with van der Waals surface area (Å²) in [7, 11) is 0. The number of hydrogen-bond acceptors (Lipinski definition) is 1. The first kappa shape index (κ1) is 30.5. The van der Waals surface area contributed by atoms with Gasteiger partial charge in [-0.1, -0.05) is 147 Å². The number of rotatable bonds is 20. The lowest BCUT2D eigenvalue weighted by molar-refractivity contribution is 0.272. The fourth-order valence-electron chi connectivity index (χ4n) is 5.32. The van der Waals surface area contributed by atoms with Gasteiger partial charge in [-0.05, 0) is 24.8 Å². The quantitative estimate of drug-likeness (QED) is 0.196. The second-order valence-corrected chi connectivity index (χ2v) is 9.66.